The molecule has 0 fully saturated rings. The van der Waals surface area contributed by atoms with E-state index in [0.717, 1.165) is 10.9 Å². The van der Waals surface area contributed by atoms with Crippen LogP contribution in [0.15, 0.2) is 36.5 Å². The number of rotatable bonds is 4. The van der Waals surface area contributed by atoms with Crippen LogP contribution in [0.2, 0.25) is 0 Å². The third-order valence-corrected chi connectivity index (χ3v) is 2.60. The Kier molecular flexibility index (Phi) is 3.16. The van der Waals surface area contributed by atoms with Gasteiger partial charge in [0.25, 0.3) is 0 Å². The number of hydrogen-bond acceptors (Lipinski definition) is 4. The highest BCUT2D eigenvalue weighted by Gasteiger charge is 2.28. The van der Waals surface area contributed by atoms with Gasteiger partial charge in [-0.1, -0.05) is 6.07 Å². The second kappa shape index (κ2) is 4.62. The molecule has 5 heteroatoms. The summed E-state index contributed by atoms with van der Waals surface area (Å²) in [5.74, 6) is -0.541. The van der Waals surface area contributed by atoms with Crippen LogP contribution in [0, 0.1) is 0 Å². The molecular weight excluding hydrogens is 232 g/mol. The van der Waals surface area contributed by atoms with Crippen molar-refractivity contribution in [1.29, 1.82) is 0 Å². The number of hydrogen-bond donors (Lipinski definition) is 2. The highest BCUT2D eigenvalue weighted by atomic mass is 16.5. The number of carbonyl (C=O) groups is 1. The van der Waals surface area contributed by atoms with Crippen LogP contribution >= 0.6 is 0 Å². The number of nitrogens with two attached hydrogens (primary N) is 1. The summed E-state index contributed by atoms with van der Waals surface area (Å²) in [6.07, 6.45) is 1.69. The number of fused-ring (bicyclic) bond motifs is 1. The van der Waals surface area contributed by atoms with E-state index in [1.54, 1.807) is 18.3 Å². The fraction of sp³-hybridized carbons (Fsp3) is 0.231. The maximum Gasteiger partial charge on any atom is 0.326 e. The van der Waals surface area contributed by atoms with Crippen LogP contribution in [0.25, 0.3) is 10.9 Å². The first-order valence-electron chi connectivity index (χ1n) is 5.49. The van der Waals surface area contributed by atoms with Crippen LogP contribution in [0.1, 0.15) is 6.92 Å². The molecule has 0 radical (unpaired) electrons. The Morgan fingerprint density at radius 3 is 3.00 bits per heavy atom. The largest absolute Gasteiger partial charge is 0.491 e. The van der Waals surface area contributed by atoms with Crippen molar-refractivity contribution in [2.45, 2.75) is 12.5 Å². The standard InChI is InChI=1S/C13H14N2O3/c1-13(14,12(16)17)8-18-10-5-4-9-3-2-6-15-11(9)7-10/h2-7H,8,14H2,1H3,(H,16,17). The van der Waals surface area contributed by atoms with E-state index in [1.165, 1.54) is 6.92 Å². The zero-order valence-electron chi connectivity index (χ0n) is 9.96. The van der Waals surface area contributed by atoms with Gasteiger partial charge in [0.2, 0.25) is 0 Å². The number of aromatic nitrogens is 1. The van der Waals surface area contributed by atoms with Crippen molar-refractivity contribution >= 4 is 16.9 Å². The highest BCUT2D eigenvalue weighted by molar-refractivity contribution is 5.80. The lowest BCUT2D eigenvalue weighted by molar-refractivity contribution is -0.143. The molecule has 18 heavy (non-hydrogen) atoms. The van der Waals surface area contributed by atoms with E-state index in [4.69, 9.17) is 15.6 Å². The Hall–Kier alpha value is -2.14. The van der Waals surface area contributed by atoms with Crippen molar-refractivity contribution in [3.8, 4) is 5.75 Å². The van der Waals surface area contributed by atoms with E-state index in [1.807, 2.05) is 18.2 Å². The van der Waals surface area contributed by atoms with E-state index < -0.39 is 11.5 Å². The first-order valence-corrected chi connectivity index (χ1v) is 5.49. The van der Waals surface area contributed by atoms with Crippen LogP contribution < -0.4 is 10.5 Å². The Balaban J connectivity index is 2.15. The Morgan fingerprint density at radius 2 is 2.28 bits per heavy atom. The summed E-state index contributed by atoms with van der Waals surface area (Å²) < 4.78 is 5.39. The summed E-state index contributed by atoms with van der Waals surface area (Å²) in [4.78, 5) is 15.0. The lowest BCUT2D eigenvalue weighted by atomic mass is 10.1. The zero-order valence-corrected chi connectivity index (χ0v) is 9.96. The molecule has 0 spiro atoms. The molecule has 0 amide bonds. The molecule has 2 rings (SSSR count). The number of nitrogens with zero attached hydrogens (tertiary/aromatic N) is 1. The van der Waals surface area contributed by atoms with E-state index in [2.05, 4.69) is 4.98 Å². The van der Waals surface area contributed by atoms with Gasteiger partial charge < -0.3 is 15.6 Å². The average Bonchev–Trinajstić information content (AvgIpc) is 2.36. The molecule has 2 aromatic rings. The topological polar surface area (TPSA) is 85.4 Å². The minimum Gasteiger partial charge on any atom is -0.491 e. The predicted octanol–water partition coefficient (Wildman–Crippen LogP) is 1.42. The van der Waals surface area contributed by atoms with Crippen LogP contribution in [0.3, 0.4) is 0 Å². The number of pyridine rings is 1. The molecule has 0 aliphatic rings. The normalized spacial score (nSPS) is 14.1. The Labute approximate surface area is 104 Å². The van der Waals surface area contributed by atoms with Crippen LogP contribution in [-0.4, -0.2) is 28.2 Å². The van der Waals surface area contributed by atoms with Crippen molar-refractivity contribution < 1.29 is 14.6 Å². The van der Waals surface area contributed by atoms with Crippen molar-refractivity contribution in [1.82, 2.24) is 4.98 Å². The summed E-state index contributed by atoms with van der Waals surface area (Å²) in [7, 11) is 0. The summed E-state index contributed by atoms with van der Waals surface area (Å²) >= 11 is 0. The average molecular weight is 246 g/mol. The van der Waals surface area contributed by atoms with Crippen molar-refractivity contribution in [3.05, 3.63) is 36.5 Å². The molecule has 3 N–H and O–H groups in total. The van der Waals surface area contributed by atoms with Gasteiger partial charge >= 0.3 is 5.97 Å². The van der Waals surface area contributed by atoms with Crippen molar-refractivity contribution in [2.24, 2.45) is 5.73 Å². The second-order valence-corrected chi connectivity index (χ2v) is 4.37. The lowest BCUT2D eigenvalue weighted by Crippen LogP contribution is -2.49. The molecule has 1 aromatic carbocycles. The molecule has 0 aliphatic heterocycles. The van der Waals surface area contributed by atoms with Gasteiger partial charge in [-0.2, -0.15) is 0 Å². The van der Waals surface area contributed by atoms with Gasteiger partial charge in [-0.05, 0) is 25.1 Å². The number of aliphatic carboxylic acids is 1. The van der Waals surface area contributed by atoms with E-state index >= 15 is 0 Å². The molecular formula is C13H14N2O3. The van der Waals surface area contributed by atoms with Crippen molar-refractivity contribution in [3.63, 3.8) is 0 Å². The predicted molar refractivity (Wildman–Crippen MR) is 67.5 cm³/mol. The van der Waals surface area contributed by atoms with Gasteiger partial charge in [-0.3, -0.25) is 9.78 Å². The summed E-state index contributed by atoms with van der Waals surface area (Å²) in [6.45, 7) is 1.31. The summed E-state index contributed by atoms with van der Waals surface area (Å²) in [5, 5.41) is 9.87. The number of ether oxygens (including phenoxy) is 1. The summed E-state index contributed by atoms with van der Waals surface area (Å²) in [6, 6.07) is 9.18. The monoisotopic (exact) mass is 246 g/mol. The molecule has 94 valence electrons. The first kappa shape index (κ1) is 12.3. The van der Waals surface area contributed by atoms with Gasteiger partial charge in [0.15, 0.2) is 0 Å². The van der Waals surface area contributed by atoms with E-state index in [-0.39, 0.29) is 6.61 Å². The lowest BCUT2D eigenvalue weighted by Gasteiger charge is -2.19. The minimum atomic E-state index is -1.40. The molecule has 5 nitrogen and oxygen atoms in total. The number of carboxylic acids is 1. The SMILES string of the molecule is CC(N)(COc1ccc2cccnc2c1)C(=O)O. The molecule has 0 aliphatic carbocycles. The maximum absolute atomic E-state index is 10.8. The van der Waals surface area contributed by atoms with E-state index in [0.29, 0.717) is 5.75 Å². The van der Waals surface area contributed by atoms with E-state index in [9.17, 15) is 4.79 Å². The van der Waals surface area contributed by atoms with Gasteiger partial charge in [0, 0.05) is 17.6 Å². The molecule has 1 aromatic heterocycles. The Bertz CT molecular complexity index is 581. The van der Waals surface area contributed by atoms with Gasteiger partial charge in [-0.25, -0.2) is 0 Å². The molecule has 0 saturated heterocycles. The van der Waals surface area contributed by atoms with Crippen LogP contribution in [0.4, 0.5) is 0 Å². The zero-order chi connectivity index (χ0) is 13.2. The third kappa shape index (κ3) is 2.57. The molecule has 0 saturated carbocycles. The summed E-state index contributed by atoms with van der Waals surface area (Å²) in [5.41, 5.74) is 4.97. The van der Waals surface area contributed by atoms with Crippen molar-refractivity contribution in [2.75, 3.05) is 6.61 Å². The fourth-order valence-electron chi connectivity index (χ4n) is 1.43. The van der Waals surface area contributed by atoms with Gasteiger partial charge in [0.1, 0.15) is 17.9 Å². The first-order chi connectivity index (χ1) is 8.49. The maximum atomic E-state index is 10.8. The Morgan fingerprint density at radius 1 is 1.50 bits per heavy atom. The second-order valence-electron chi connectivity index (χ2n) is 4.37. The fourth-order valence-corrected chi connectivity index (χ4v) is 1.43. The highest BCUT2D eigenvalue weighted by Crippen LogP contribution is 2.19. The number of carboxylic acid groups (broad SMARTS) is 1. The molecule has 0 bridgehead atoms. The minimum absolute atomic E-state index is 0.0966. The molecule has 1 unspecified atom stereocenters. The third-order valence-electron chi connectivity index (χ3n) is 2.60. The van der Waals surface area contributed by atoms with Gasteiger partial charge in [-0.15, -0.1) is 0 Å². The number of benzene rings is 1. The van der Waals surface area contributed by atoms with Gasteiger partial charge in [0.05, 0.1) is 5.52 Å². The molecule has 1 heterocycles. The molecule has 1 atom stereocenters. The van der Waals surface area contributed by atoms with Crippen LogP contribution in [-0.2, 0) is 4.79 Å². The quantitative estimate of drug-likeness (QED) is 0.852. The van der Waals surface area contributed by atoms with Crippen LogP contribution in [0.5, 0.6) is 5.75 Å². The smallest absolute Gasteiger partial charge is 0.326 e.